The van der Waals surface area contributed by atoms with Gasteiger partial charge in [0.1, 0.15) is 0 Å². The molecule has 1 aromatic rings. The number of benzene rings is 1. The molecular formula is C15H26Cl2N2O2. The Morgan fingerprint density at radius 1 is 1.14 bits per heavy atom. The quantitative estimate of drug-likeness (QED) is 0.896. The first-order chi connectivity index (χ1) is 9.31. The average Bonchev–Trinajstić information content (AvgIpc) is 2.48. The Kier molecular flexibility index (Phi) is 9.79. The largest absolute Gasteiger partial charge is 0.493 e. The Hall–Kier alpha value is -0.680. The number of rotatable bonds is 5. The molecule has 6 heteroatoms. The van der Waals surface area contributed by atoms with Crippen LogP contribution in [0.4, 0.5) is 0 Å². The van der Waals surface area contributed by atoms with E-state index < -0.39 is 0 Å². The molecule has 1 aliphatic heterocycles. The van der Waals surface area contributed by atoms with Gasteiger partial charge in [-0.05, 0) is 12.5 Å². The number of methoxy groups -OCH3 is 2. The summed E-state index contributed by atoms with van der Waals surface area (Å²) < 4.78 is 11.0. The van der Waals surface area contributed by atoms with Gasteiger partial charge < -0.3 is 14.8 Å². The Morgan fingerprint density at radius 2 is 1.81 bits per heavy atom. The van der Waals surface area contributed by atoms with Crippen molar-refractivity contribution in [2.75, 3.05) is 40.4 Å². The molecule has 0 unspecified atom stereocenters. The summed E-state index contributed by atoms with van der Waals surface area (Å²) in [4.78, 5) is 2.52. The van der Waals surface area contributed by atoms with Crippen LogP contribution in [0.2, 0.25) is 0 Å². The van der Waals surface area contributed by atoms with Crippen molar-refractivity contribution in [1.82, 2.24) is 10.2 Å². The standard InChI is InChI=1S/C15H24N2O2.2ClH/c1-4-13(17-10-8-16-9-11-17)12-6-5-7-14(18-2)15(12)19-3;;/h5-7,13,16H,4,8-11H2,1-3H3;2*1H/t13-;;/m1../s1. The summed E-state index contributed by atoms with van der Waals surface area (Å²) in [5.41, 5.74) is 1.23. The predicted octanol–water partition coefficient (Wildman–Crippen LogP) is 2.90. The van der Waals surface area contributed by atoms with E-state index in [0.717, 1.165) is 44.1 Å². The SMILES string of the molecule is CC[C@H](c1cccc(OC)c1OC)N1CCNCC1.Cl.Cl. The zero-order valence-electron chi connectivity index (χ0n) is 12.9. The van der Waals surface area contributed by atoms with Crippen molar-refractivity contribution in [2.24, 2.45) is 0 Å². The Morgan fingerprint density at radius 3 is 2.33 bits per heavy atom. The Bertz CT molecular complexity index is 413. The Labute approximate surface area is 140 Å². The first-order valence-corrected chi connectivity index (χ1v) is 6.97. The second kappa shape index (κ2) is 10.1. The van der Waals surface area contributed by atoms with Crippen molar-refractivity contribution in [2.45, 2.75) is 19.4 Å². The van der Waals surface area contributed by atoms with Crippen LogP contribution in [0, 0.1) is 0 Å². The lowest BCUT2D eigenvalue weighted by molar-refractivity contribution is 0.166. The van der Waals surface area contributed by atoms with Gasteiger partial charge in [0.2, 0.25) is 0 Å². The number of nitrogens with one attached hydrogen (secondary N) is 1. The number of halogens is 2. The monoisotopic (exact) mass is 336 g/mol. The fourth-order valence-corrected chi connectivity index (χ4v) is 2.84. The summed E-state index contributed by atoms with van der Waals surface area (Å²) in [5.74, 6) is 1.68. The van der Waals surface area contributed by atoms with Gasteiger partial charge >= 0.3 is 0 Å². The lowest BCUT2D eigenvalue weighted by atomic mass is 10.0. The summed E-state index contributed by atoms with van der Waals surface area (Å²) in [6.45, 7) is 6.51. The molecule has 1 heterocycles. The van der Waals surface area contributed by atoms with Gasteiger partial charge in [-0.2, -0.15) is 0 Å². The van der Waals surface area contributed by atoms with Crippen LogP contribution >= 0.6 is 24.8 Å². The van der Waals surface area contributed by atoms with E-state index in [-0.39, 0.29) is 24.8 Å². The molecule has 4 nitrogen and oxygen atoms in total. The summed E-state index contributed by atoms with van der Waals surface area (Å²) in [7, 11) is 3.40. The van der Waals surface area contributed by atoms with Crippen molar-refractivity contribution >= 4 is 24.8 Å². The van der Waals surface area contributed by atoms with Crippen LogP contribution < -0.4 is 14.8 Å². The molecule has 2 rings (SSSR count). The third kappa shape index (κ3) is 4.65. The second-order valence-electron chi connectivity index (χ2n) is 4.79. The highest BCUT2D eigenvalue weighted by Gasteiger charge is 2.24. The van der Waals surface area contributed by atoms with Crippen molar-refractivity contribution in [3.8, 4) is 11.5 Å². The molecule has 0 saturated carbocycles. The van der Waals surface area contributed by atoms with Gasteiger partial charge in [-0.1, -0.05) is 19.1 Å². The molecule has 1 saturated heterocycles. The average molecular weight is 337 g/mol. The van der Waals surface area contributed by atoms with E-state index in [4.69, 9.17) is 9.47 Å². The van der Waals surface area contributed by atoms with Crippen LogP contribution in [0.3, 0.4) is 0 Å². The number of nitrogens with zero attached hydrogens (tertiary/aromatic N) is 1. The second-order valence-corrected chi connectivity index (χ2v) is 4.79. The highest BCUT2D eigenvalue weighted by atomic mass is 35.5. The molecule has 122 valence electrons. The number of piperazine rings is 1. The van der Waals surface area contributed by atoms with Crippen LogP contribution in [-0.4, -0.2) is 45.3 Å². The minimum Gasteiger partial charge on any atom is -0.493 e. The fourth-order valence-electron chi connectivity index (χ4n) is 2.84. The van der Waals surface area contributed by atoms with Crippen LogP contribution in [0.15, 0.2) is 18.2 Å². The third-order valence-electron chi connectivity index (χ3n) is 3.77. The van der Waals surface area contributed by atoms with E-state index in [1.54, 1.807) is 14.2 Å². The number of hydrogen-bond donors (Lipinski definition) is 1. The number of para-hydroxylation sites is 1. The molecule has 0 aromatic heterocycles. The molecule has 0 spiro atoms. The van der Waals surface area contributed by atoms with E-state index in [1.165, 1.54) is 5.56 Å². The Balaban J connectivity index is 0.00000200. The maximum absolute atomic E-state index is 5.57. The molecule has 0 radical (unpaired) electrons. The summed E-state index contributed by atoms with van der Waals surface area (Å²) in [6, 6.07) is 6.54. The summed E-state index contributed by atoms with van der Waals surface area (Å²) >= 11 is 0. The van der Waals surface area contributed by atoms with E-state index >= 15 is 0 Å². The van der Waals surface area contributed by atoms with Gasteiger partial charge in [0, 0.05) is 37.8 Å². The molecule has 1 aromatic carbocycles. The zero-order valence-corrected chi connectivity index (χ0v) is 14.6. The van der Waals surface area contributed by atoms with Crippen LogP contribution in [-0.2, 0) is 0 Å². The van der Waals surface area contributed by atoms with Gasteiger partial charge in [0.25, 0.3) is 0 Å². The van der Waals surface area contributed by atoms with E-state index in [9.17, 15) is 0 Å². The normalized spacial score (nSPS) is 16.3. The molecule has 21 heavy (non-hydrogen) atoms. The van der Waals surface area contributed by atoms with E-state index in [0.29, 0.717) is 6.04 Å². The fraction of sp³-hybridized carbons (Fsp3) is 0.600. The van der Waals surface area contributed by atoms with Crippen molar-refractivity contribution in [3.63, 3.8) is 0 Å². The smallest absolute Gasteiger partial charge is 0.165 e. The highest BCUT2D eigenvalue weighted by Crippen LogP contribution is 2.38. The predicted molar refractivity (Wildman–Crippen MR) is 91.5 cm³/mol. The van der Waals surface area contributed by atoms with Crippen LogP contribution in [0.5, 0.6) is 11.5 Å². The summed E-state index contributed by atoms with van der Waals surface area (Å²) in [5, 5.41) is 3.40. The maximum Gasteiger partial charge on any atom is 0.165 e. The van der Waals surface area contributed by atoms with Crippen molar-refractivity contribution in [3.05, 3.63) is 23.8 Å². The van der Waals surface area contributed by atoms with Crippen LogP contribution in [0.1, 0.15) is 24.9 Å². The maximum atomic E-state index is 5.57. The molecule has 1 N–H and O–H groups in total. The molecule has 0 aliphatic carbocycles. The molecule has 0 bridgehead atoms. The topological polar surface area (TPSA) is 33.7 Å². The van der Waals surface area contributed by atoms with E-state index in [2.05, 4.69) is 23.2 Å². The first-order valence-electron chi connectivity index (χ1n) is 6.97. The molecule has 1 fully saturated rings. The molecule has 1 atom stereocenters. The molecular weight excluding hydrogens is 311 g/mol. The molecule has 0 amide bonds. The third-order valence-corrected chi connectivity index (χ3v) is 3.77. The highest BCUT2D eigenvalue weighted by molar-refractivity contribution is 5.85. The minimum absolute atomic E-state index is 0. The van der Waals surface area contributed by atoms with E-state index in [1.807, 2.05) is 12.1 Å². The lowest BCUT2D eigenvalue weighted by Crippen LogP contribution is -2.45. The van der Waals surface area contributed by atoms with Gasteiger partial charge in [0.05, 0.1) is 14.2 Å². The van der Waals surface area contributed by atoms with Gasteiger partial charge in [0.15, 0.2) is 11.5 Å². The number of ether oxygens (including phenoxy) is 2. The zero-order chi connectivity index (χ0) is 13.7. The first kappa shape index (κ1) is 20.3. The van der Waals surface area contributed by atoms with Crippen LogP contribution in [0.25, 0.3) is 0 Å². The lowest BCUT2D eigenvalue weighted by Gasteiger charge is -2.35. The van der Waals surface area contributed by atoms with Gasteiger partial charge in [-0.3, -0.25) is 4.90 Å². The van der Waals surface area contributed by atoms with Crippen molar-refractivity contribution in [1.29, 1.82) is 0 Å². The molecule has 1 aliphatic rings. The number of hydrogen-bond acceptors (Lipinski definition) is 4. The van der Waals surface area contributed by atoms with Gasteiger partial charge in [-0.25, -0.2) is 0 Å². The van der Waals surface area contributed by atoms with Crippen molar-refractivity contribution < 1.29 is 9.47 Å². The van der Waals surface area contributed by atoms with Gasteiger partial charge in [-0.15, -0.1) is 24.8 Å². The summed E-state index contributed by atoms with van der Waals surface area (Å²) in [6.07, 6.45) is 1.07. The minimum atomic E-state index is 0.